The summed E-state index contributed by atoms with van der Waals surface area (Å²) in [7, 11) is 1.64. The number of ether oxygens (including phenoxy) is 1. The Bertz CT molecular complexity index is 690. The number of rotatable bonds is 5. The van der Waals surface area contributed by atoms with E-state index in [1.807, 2.05) is 4.68 Å². The molecule has 4 rings (SSSR count). The lowest BCUT2D eigenvalue weighted by Crippen LogP contribution is -2.42. The van der Waals surface area contributed by atoms with Crippen LogP contribution in [0.3, 0.4) is 0 Å². The molecule has 1 aliphatic heterocycles. The fraction of sp³-hybridized carbons (Fsp3) is 0.562. The highest BCUT2D eigenvalue weighted by molar-refractivity contribution is 5.91. The van der Waals surface area contributed by atoms with E-state index >= 15 is 0 Å². The lowest BCUT2D eigenvalue weighted by molar-refractivity contribution is 0.0462. The van der Waals surface area contributed by atoms with Gasteiger partial charge in [-0.25, -0.2) is 4.68 Å². The molecule has 1 atom stereocenters. The van der Waals surface area contributed by atoms with E-state index in [4.69, 9.17) is 9.15 Å². The highest BCUT2D eigenvalue weighted by atomic mass is 16.5. The molecule has 0 bridgehead atoms. The summed E-state index contributed by atoms with van der Waals surface area (Å²) in [5.41, 5.74) is 2.00. The Labute approximate surface area is 134 Å². The number of fused-ring (bicyclic) bond motifs is 1. The maximum Gasteiger partial charge on any atom is 0.290 e. The standard InChI is InChI=1S/C16H20N4O3/c1-22-10-13-15-12(20(18-17-15)9-11-4-5-11)6-7-19(13)16(21)14-3-2-8-23-14/h2-3,8,11,13H,4-7,9-10H2,1H3. The zero-order valence-electron chi connectivity index (χ0n) is 13.1. The third-order valence-electron chi connectivity index (χ3n) is 4.59. The lowest BCUT2D eigenvalue weighted by Gasteiger charge is -2.33. The van der Waals surface area contributed by atoms with Gasteiger partial charge in [-0.1, -0.05) is 5.21 Å². The summed E-state index contributed by atoms with van der Waals surface area (Å²) >= 11 is 0. The molecule has 1 unspecified atom stereocenters. The Morgan fingerprint density at radius 1 is 1.48 bits per heavy atom. The highest BCUT2D eigenvalue weighted by Gasteiger charge is 2.36. The molecule has 0 N–H and O–H groups in total. The molecule has 1 saturated carbocycles. The molecule has 122 valence electrons. The van der Waals surface area contributed by atoms with Crippen LogP contribution in [0.15, 0.2) is 22.8 Å². The van der Waals surface area contributed by atoms with Gasteiger partial charge in [0.15, 0.2) is 5.76 Å². The number of hydrogen-bond acceptors (Lipinski definition) is 5. The number of carbonyl (C=O) groups excluding carboxylic acids is 1. The topological polar surface area (TPSA) is 73.4 Å². The molecule has 0 radical (unpaired) electrons. The Morgan fingerprint density at radius 2 is 2.35 bits per heavy atom. The second-order valence-corrected chi connectivity index (χ2v) is 6.24. The van der Waals surface area contributed by atoms with Crippen molar-refractivity contribution in [2.45, 2.75) is 31.8 Å². The van der Waals surface area contributed by atoms with Crippen molar-refractivity contribution in [3.8, 4) is 0 Å². The largest absolute Gasteiger partial charge is 0.459 e. The van der Waals surface area contributed by atoms with Crippen LogP contribution in [0, 0.1) is 5.92 Å². The second kappa shape index (κ2) is 5.81. The quantitative estimate of drug-likeness (QED) is 0.839. The van der Waals surface area contributed by atoms with E-state index in [9.17, 15) is 4.79 Å². The van der Waals surface area contributed by atoms with Crippen LogP contribution >= 0.6 is 0 Å². The van der Waals surface area contributed by atoms with Crippen LogP contribution in [0.1, 0.15) is 40.8 Å². The Hall–Kier alpha value is -2.15. The van der Waals surface area contributed by atoms with E-state index in [0.717, 1.165) is 30.3 Å². The zero-order chi connectivity index (χ0) is 15.8. The molecule has 7 nitrogen and oxygen atoms in total. The minimum Gasteiger partial charge on any atom is -0.459 e. The minimum absolute atomic E-state index is 0.126. The summed E-state index contributed by atoms with van der Waals surface area (Å²) in [4.78, 5) is 14.5. The number of nitrogens with zero attached hydrogens (tertiary/aromatic N) is 4. The maximum atomic E-state index is 12.7. The molecule has 2 aromatic rings. The number of furan rings is 1. The molecular formula is C16H20N4O3. The summed E-state index contributed by atoms with van der Waals surface area (Å²) in [5.74, 6) is 0.962. The Kier molecular flexibility index (Phi) is 3.65. The molecule has 1 amide bonds. The van der Waals surface area contributed by atoms with Crippen molar-refractivity contribution in [2.24, 2.45) is 5.92 Å². The van der Waals surface area contributed by atoms with Crippen molar-refractivity contribution in [3.63, 3.8) is 0 Å². The van der Waals surface area contributed by atoms with Crippen molar-refractivity contribution in [3.05, 3.63) is 35.5 Å². The van der Waals surface area contributed by atoms with Crippen LogP contribution < -0.4 is 0 Å². The van der Waals surface area contributed by atoms with Gasteiger partial charge in [-0.15, -0.1) is 5.10 Å². The van der Waals surface area contributed by atoms with E-state index in [0.29, 0.717) is 18.9 Å². The summed E-state index contributed by atoms with van der Waals surface area (Å²) in [5, 5.41) is 8.68. The van der Waals surface area contributed by atoms with Gasteiger partial charge in [0.05, 0.1) is 18.6 Å². The SMILES string of the molecule is COCC1c2nnn(CC3CC3)c2CCN1C(=O)c1ccco1. The summed E-state index contributed by atoms with van der Waals surface area (Å²) in [6.07, 6.45) is 4.83. The first-order valence-corrected chi connectivity index (χ1v) is 8.03. The van der Waals surface area contributed by atoms with Gasteiger partial charge in [-0.2, -0.15) is 0 Å². The number of amides is 1. The number of methoxy groups -OCH3 is 1. The molecule has 7 heteroatoms. The van der Waals surface area contributed by atoms with Gasteiger partial charge in [0.25, 0.3) is 5.91 Å². The van der Waals surface area contributed by atoms with Crippen molar-refractivity contribution >= 4 is 5.91 Å². The summed E-state index contributed by atoms with van der Waals surface area (Å²) in [6, 6.07) is 3.19. The Morgan fingerprint density at radius 3 is 3.04 bits per heavy atom. The molecule has 0 spiro atoms. The normalized spacial score (nSPS) is 20.6. The van der Waals surface area contributed by atoms with Crippen LogP contribution in [-0.4, -0.2) is 46.1 Å². The number of aromatic nitrogens is 3. The van der Waals surface area contributed by atoms with Crippen LogP contribution in [0.2, 0.25) is 0 Å². The van der Waals surface area contributed by atoms with Crippen LogP contribution in [-0.2, 0) is 17.7 Å². The molecule has 1 aliphatic carbocycles. The maximum absolute atomic E-state index is 12.7. The predicted molar refractivity (Wildman–Crippen MR) is 80.8 cm³/mol. The third kappa shape index (κ3) is 2.65. The van der Waals surface area contributed by atoms with E-state index in [1.54, 1.807) is 24.1 Å². The number of hydrogen-bond donors (Lipinski definition) is 0. The average Bonchev–Trinajstić information content (AvgIpc) is 3.05. The fourth-order valence-electron chi connectivity index (χ4n) is 3.20. The van der Waals surface area contributed by atoms with Gasteiger partial charge in [0.2, 0.25) is 0 Å². The first-order valence-electron chi connectivity index (χ1n) is 8.03. The zero-order valence-corrected chi connectivity index (χ0v) is 13.1. The lowest BCUT2D eigenvalue weighted by atomic mass is 10.0. The van der Waals surface area contributed by atoms with Crippen LogP contribution in [0.4, 0.5) is 0 Å². The minimum atomic E-state index is -0.214. The van der Waals surface area contributed by atoms with Crippen molar-refractivity contribution < 1.29 is 13.9 Å². The smallest absolute Gasteiger partial charge is 0.290 e. The molecule has 2 aromatic heterocycles. The van der Waals surface area contributed by atoms with Crippen LogP contribution in [0.5, 0.6) is 0 Å². The number of carbonyl (C=O) groups is 1. The fourth-order valence-corrected chi connectivity index (χ4v) is 3.20. The molecule has 0 aromatic carbocycles. The van der Waals surface area contributed by atoms with Gasteiger partial charge in [-0.3, -0.25) is 4.79 Å². The molecule has 1 fully saturated rings. The molecular weight excluding hydrogens is 296 g/mol. The third-order valence-corrected chi connectivity index (χ3v) is 4.59. The molecule has 2 aliphatic rings. The first kappa shape index (κ1) is 14.4. The molecule has 3 heterocycles. The van der Waals surface area contributed by atoms with Gasteiger partial charge in [0, 0.05) is 26.6 Å². The van der Waals surface area contributed by atoms with Gasteiger partial charge in [0.1, 0.15) is 11.7 Å². The monoisotopic (exact) mass is 316 g/mol. The summed E-state index contributed by atoms with van der Waals surface area (Å²) < 4.78 is 12.6. The van der Waals surface area contributed by atoms with Crippen molar-refractivity contribution in [1.82, 2.24) is 19.9 Å². The van der Waals surface area contributed by atoms with Gasteiger partial charge < -0.3 is 14.1 Å². The average molecular weight is 316 g/mol. The van der Waals surface area contributed by atoms with Crippen molar-refractivity contribution in [1.29, 1.82) is 0 Å². The Balaban J connectivity index is 1.62. The van der Waals surface area contributed by atoms with E-state index < -0.39 is 0 Å². The first-order chi connectivity index (χ1) is 11.3. The van der Waals surface area contributed by atoms with Gasteiger partial charge in [-0.05, 0) is 30.9 Å². The van der Waals surface area contributed by atoms with E-state index in [-0.39, 0.29) is 11.9 Å². The van der Waals surface area contributed by atoms with E-state index in [2.05, 4.69) is 10.3 Å². The van der Waals surface area contributed by atoms with Crippen molar-refractivity contribution in [2.75, 3.05) is 20.3 Å². The summed E-state index contributed by atoms with van der Waals surface area (Å²) in [6.45, 7) is 1.97. The van der Waals surface area contributed by atoms with Crippen LogP contribution in [0.25, 0.3) is 0 Å². The predicted octanol–water partition coefficient (Wildman–Crippen LogP) is 1.67. The highest BCUT2D eigenvalue weighted by Crippen LogP contribution is 2.34. The molecule has 0 saturated heterocycles. The second-order valence-electron chi connectivity index (χ2n) is 6.24. The molecule has 23 heavy (non-hydrogen) atoms. The van der Waals surface area contributed by atoms with E-state index in [1.165, 1.54) is 19.1 Å². The van der Waals surface area contributed by atoms with Gasteiger partial charge >= 0.3 is 0 Å².